The van der Waals surface area contributed by atoms with Gasteiger partial charge in [0.15, 0.2) is 0 Å². The number of hydrogen-bond donors (Lipinski definition) is 0. The van der Waals surface area contributed by atoms with Gasteiger partial charge in [-0.2, -0.15) is 0 Å². The molecule has 0 fully saturated rings. The Morgan fingerprint density at radius 3 is 2.53 bits per heavy atom. The predicted octanol–water partition coefficient (Wildman–Crippen LogP) is 3.28. The van der Waals surface area contributed by atoms with E-state index in [2.05, 4.69) is 36.2 Å². The lowest BCUT2D eigenvalue weighted by atomic mass is 10.0. The Bertz CT molecular complexity index is 813. The number of rotatable bonds is 1. The van der Waals surface area contributed by atoms with Crippen LogP contribution in [0.4, 0.5) is 0 Å². The SMILES string of the molecule is Cc1ccc(-c2c(C)sc3ncn(C)c(=O)c23)cc1. The first kappa shape index (κ1) is 12.1. The van der Waals surface area contributed by atoms with Crippen molar-refractivity contribution in [2.24, 2.45) is 7.05 Å². The molecule has 0 amide bonds. The first-order chi connectivity index (χ1) is 9.08. The van der Waals surface area contributed by atoms with Crippen LogP contribution in [0.3, 0.4) is 0 Å². The van der Waals surface area contributed by atoms with Crippen LogP contribution < -0.4 is 5.56 Å². The minimum Gasteiger partial charge on any atom is -0.302 e. The number of hydrogen-bond acceptors (Lipinski definition) is 3. The van der Waals surface area contributed by atoms with Gasteiger partial charge in [0, 0.05) is 17.5 Å². The van der Waals surface area contributed by atoms with Gasteiger partial charge in [-0.25, -0.2) is 4.98 Å². The minimum atomic E-state index is 0.0184. The number of fused-ring (bicyclic) bond motifs is 1. The fourth-order valence-corrected chi connectivity index (χ4v) is 3.26. The van der Waals surface area contributed by atoms with E-state index in [0.717, 1.165) is 26.2 Å². The molecule has 0 radical (unpaired) electrons. The summed E-state index contributed by atoms with van der Waals surface area (Å²) < 4.78 is 1.53. The van der Waals surface area contributed by atoms with E-state index in [4.69, 9.17) is 0 Å². The van der Waals surface area contributed by atoms with E-state index in [1.54, 1.807) is 24.7 Å². The van der Waals surface area contributed by atoms with E-state index in [0.29, 0.717) is 0 Å². The summed E-state index contributed by atoms with van der Waals surface area (Å²) in [7, 11) is 1.74. The molecule has 0 atom stereocenters. The van der Waals surface area contributed by atoms with Crippen molar-refractivity contribution in [1.82, 2.24) is 9.55 Å². The summed E-state index contributed by atoms with van der Waals surface area (Å²) in [6, 6.07) is 8.27. The molecule has 2 aromatic heterocycles. The van der Waals surface area contributed by atoms with E-state index in [1.165, 1.54) is 10.1 Å². The van der Waals surface area contributed by atoms with E-state index in [9.17, 15) is 4.79 Å². The number of thiophene rings is 1. The molecular formula is C15H14N2OS. The predicted molar refractivity (Wildman–Crippen MR) is 79.8 cm³/mol. The highest BCUT2D eigenvalue weighted by Crippen LogP contribution is 2.35. The van der Waals surface area contributed by atoms with Crippen molar-refractivity contribution in [3.63, 3.8) is 0 Å². The van der Waals surface area contributed by atoms with Gasteiger partial charge in [0.25, 0.3) is 5.56 Å². The Labute approximate surface area is 115 Å². The van der Waals surface area contributed by atoms with Crippen molar-refractivity contribution in [1.29, 1.82) is 0 Å². The third-order valence-electron chi connectivity index (χ3n) is 3.29. The molecule has 3 aromatic rings. The van der Waals surface area contributed by atoms with Crippen LogP contribution in [0.25, 0.3) is 21.3 Å². The molecule has 1 aromatic carbocycles. The maximum atomic E-state index is 12.3. The summed E-state index contributed by atoms with van der Waals surface area (Å²) in [4.78, 5) is 18.6. The van der Waals surface area contributed by atoms with Crippen LogP contribution >= 0.6 is 11.3 Å². The summed E-state index contributed by atoms with van der Waals surface area (Å²) in [6.07, 6.45) is 1.58. The highest BCUT2D eigenvalue weighted by molar-refractivity contribution is 7.19. The second-order valence-electron chi connectivity index (χ2n) is 4.74. The molecule has 0 N–H and O–H groups in total. The highest BCUT2D eigenvalue weighted by atomic mass is 32.1. The van der Waals surface area contributed by atoms with Crippen molar-refractivity contribution in [3.05, 3.63) is 51.4 Å². The molecule has 96 valence electrons. The summed E-state index contributed by atoms with van der Waals surface area (Å²) in [5, 5.41) is 0.733. The van der Waals surface area contributed by atoms with Gasteiger partial charge in [-0.15, -0.1) is 11.3 Å². The van der Waals surface area contributed by atoms with Crippen molar-refractivity contribution in [3.8, 4) is 11.1 Å². The molecule has 0 saturated carbocycles. The summed E-state index contributed by atoms with van der Waals surface area (Å²) in [5.41, 5.74) is 3.34. The second kappa shape index (κ2) is 4.31. The monoisotopic (exact) mass is 270 g/mol. The van der Waals surface area contributed by atoms with Gasteiger partial charge >= 0.3 is 0 Å². The first-order valence-corrected chi connectivity index (χ1v) is 6.91. The molecule has 3 rings (SSSR count). The Balaban J connectivity index is 2.40. The molecule has 19 heavy (non-hydrogen) atoms. The van der Waals surface area contributed by atoms with Crippen molar-refractivity contribution >= 4 is 21.6 Å². The maximum Gasteiger partial charge on any atom is 0.262 e. The zero-order valence-electron chi connectivity index (χ0n) is 11.1. The Kier molecular flexibility index (Phi) is 2.75. The van der Waals surface area contributed by atoms with Gasteiger partial charge in [-0.1, -0.05) is 29.8 Å². The largest absolute Gasteiger partial charge is 0.302 e. The Hall–Kier alpha value is -1.94. The third-order valence-corrected chi connectivity index (χ3v) is 4.30. The lowest BCUT2D eigenvalue weighted by Crippen LogP contribution is -2.16. The zero-order valence-corrected chi connectivity index (χ0v) is 11.9. The molecule has 0 aliphatic rings. The quantitative estimate of drug-likeness (QED) is 0.680. The summed E-state index contributed by atoms with van der Waals surface area (Å²) in [5.74, 6) is 0. The highest BCUT2D eigenvalue weighted by Gasteiger charge is 2.15. The van der Waals surface area contributed by atoms with Gasteiger partial charge in [-0.05, 0) is 19.4 Å². The summed E-state index contributed by atoms with van der Waals surface area (Å²) in [6.45, 7) is 4.10. The van der Waals surface area contributed by atoms with Gasteiger partial charge in [-0.3, -0.25) is 4.79 Å². The molecule has 0 aliphatic heterocycles. The normalized spacial score (nSPS) is 11.1. The van der Waals surface area contributed by atoms with Crippen LogP contribution in [0.5, 0.6) is 0 Å². The third kappa shape index (κ3) is 1.88. The molecular weight excluding hydrogens is 256 g/mol. The topological polar surface area (TPSA) is 34.9 Å². The Morgan fingerprint density at radius 2 is 1.84 bits per heavy atom. The number of aromatic nitrogens is 2. The molecule has 2 heterocycles. The van der Waals surface area contributed by atoms with Crippen LogP contribution in [0.15, 0.2) is 35.4 Å². The number of nitrogens with zero attached hydrogens (tertiary/aromatic N) is 2. The van der Waals surface area contributed by atoms with Crippen molar-refractivity contribution < 1.29 is 0 Å². The zero-order chi connectivity index (χ0) is 13.6. The van der Waals surface area contributed by atoms with Gasteiger partial charge < -0.3 is 4.57 Å². The molecule has 0 bridgehead atoms. The van der Waals surface area contributed by atoms with E-state index >= 15 is 0 Å². The molecule has 0 unspecified atom stereocenters. The molecule has 3 nitrogen and oxygen atoms in total. The molecule has 0 spiro atoms. The number of aryl methyl sites for hydroxylation is 3. The van der Waals surface area contributed by atoms with Crippen LogP contribution in [0.2, 0.25) is 0 Å². The van der Waals surface area contributed by atoms with Crippen LogP contribution in [0, 0.1) is 13.8 Å². The summed E-state index contributed by atoms with van der Waals surface area (Å²) >= 11 is 1.58. The lowest BCUT2D eigenvalue weighted by Gasteiger charge is -2.03. The average Bonchev–Trinajstić information content (AvgIpc) is 2.72. The lowest BCUT2D eigenvalue weighted by molar-refractivity contribution is 0.845. The number of benzene rings is 1. The fraction of sp³-hybridized carbons (Fsp3) is 0.200. The van der Waals surface area contributed by atoms with Gasteiger partial charge in [0.2, 0.25) is 0 Å². The van der Waals surface area contributed by atoms with Crippen molar-refractivity contribution in [2.45, 2.75) is 13.8 Å². The van der Waals surface area contributed by atoms with E-state index in [-0.39, 0.29) is 5.56 Å². The van der Waals surface area contributed by atoms with Crippen LogP contribution in [-0.2, 0) is 7.05 Å². The van der Waals surface area contributed by atoms with Gasteiger partial charge in [0.05, 0.1) is 11.7 Å². The standard InChI is InChI=1S/C15H14N2OS/c1-9-4-6-11(7-5-9)12-10(2)19-14-13(12)15(18)17(3)8-16-14/h4-8H,1-3H3. The van der Waals surface area contributed by atoms with Crippen LogP contribution in [-0.4, -0.2) is 9.55 Å². The first-order valence-electron chi connectivity index (χ1n) is 6.09. The Morgan fingerprint density at radius 1 is 1.16 bits per heavy atom. The molecule has 0 saturated heterocycles. The smallest absolute Gasteiger partial charge is 0.262 e. The maximum absolute atomic E-state index is 12.3. The second-order valence-corrected chi connectivity index (χ2v) is 5.94. The average molecular weight is 270 g/mol. The van der Waals surface area contributed by atoms with E-state index in [1.807, 2.05) is 6.92 Å². The van der Waals surface area contributed by atoms with E-state index < -0.39 is 0 Å². The molecule has 4 heteroatoms. The fourth-order valence-electron chi connectivity index (χ4n) is 2.26. The minimum absolute atomic E-state index is 0.0184. The van der Waals surface area contributed by atoms with Crippen molar-refractivity contribution in [2.75, 3.05) is 0 Å². The van der Waals surface area contributed by atoms with Gasteiger partial charge in [0.1, 0.15) is 4.83 Å². The van der Waals surface area contributed by atoms with Crippen LogP contribution in [0.1, 0.15) is 10.4 Å². The molecule has 0 aliphatic carbocycles.